The summed E-state index contributed by atoms with van der Waals surface area (Å²) in [5.74, 6) is -0.356. The third-order valence-corrected chi connectivity index (χ3v) is 2.01. The highest BCUT2D eigenvalue weighted by molar-refractivity contribution is 5.87. The summed E-state index contributed by atoms with van der Waals surface area (Å²) in [7, 11) is 0. The number of aryl methyl sites for hydroxylation is 2. The Morgan fingerprint density at radius 1 is 1.60 bits per heavy atom. The van der Waals surface area contributed by atoms with Crippen LogP contribution in [0.15, 0.2) is 18.2 Å². The van der Waals surface area contributed by atoms with Gasteiger partial charge in [-0.05, 0) is 26.8 Å². The van der Waals surface area contributed by atoms with Gasteiger partial charge in [0, 0.05) is 5.69 Å². The molecule has 0 amide bonds. The molecule has 82 valence electrons. The lowest BCUT2D eigenvalue weighted by atomic mass is 10.3. The SMILES string of the molecule is C=C(Cn1nc(C)cc1C)C(=O)OCC. The summed E-state index contributed by atoms with van der Waals surface area (Å²) in [5, 5.41) is 4.24. The van der Waals surface area contributed by atoms with Gasteiger partial charge in [0.1, 0.15) is 0 Å². The maximum atomic E-state index is 11.3. The molecule has 15 heavy (non-hydrogen) atoms. The molecule has 0 aliphatic rings. The number of aromatic nitrogens is 2. The molecule has 0 radical (unpaired) electrons. The van der Waals surface area contributed by atoms with E-state index in [9.17, 15) is 4.79 Å². The van der Waals surface area contributed by atoms with Crippen LogP contribution in [0.2, 0.25) is 0 Å². The molecule has 4 nitrogen and oxygen atoms in total. The van der Waals surface area contributed by atoms with E-state index in [1.165, 1.54) is 0 Å². The summed E-state index contributed by atoms with van der Waals surface area (Å²) in [6.07, 6.45) is 0. The first-order valence-corrected chi connectivity index (χ1v) is 4.90. The molecular formula is C11H16N2O2. The van der Waals surface area contributed by atoms with E-state index in [2.05, 4.69) is 11.7 Å². The Bertz CT molecular complexity index is 380. The highest BCUT2D eigenvalue weighted by Crippen LogP contribution is 2.06. The van der Waals surface area contributed by atoms with Gasteiger partial charge in [-0.15, -0.1) is 0 Å². The first-order valence-electron chi connectivity index (χ1n) is 4.90. The number of ether oxygens (including phenoxy) is 1. The number of carbonyl (C=O) groups is 1. The molecule has 0 unspecified atom stereocenters. The van der Waals surface area contributed by atoms with Crippen molar-refractivity contribution in [1.29, 1.82) is 0 Å². The number of carbonyl (C=O) groups excluding carboxylic acids is 1. The molecule has 0 fully saturated rings. The van der Waals surface area contributed by atoms with Crippen molar-refractivity contribution in [2.75, 3.05) is 6.61 Å². The fraction of sp³-hybridized carbons (Fsp3) is 0.455. The van der Waals surface area contributed by atoms with Crippen LogP contribution in [-0.2, 0) is 16.1 Å². The Labute approximate surface area is 89.5 Å². The standard InChI is InChI=1S/C11H16N2O2/c1-5-15-11(14)8(2)7-13-10(4)6-9(3)12-13/h6H,2,5,7H2,1,3-4H3. The van der Waals surface area contributed by atoms with Gasteiger partial charge in [0.2, 0.25) is 0 Å². The lowest BCUT2D eigenvalue weighted by Gasteiger charge is -2.06. The van der Waals surface area contributed by atoms with Crippen LogP contribution in [-0.4, -0.2) is 22.4 Å². The van der Waals surface area contributed by atoms with E-state index in [4.69, 9.17) is 4.74 Å². The Morgan fingerprint density at radius 3 is 2.73 bits per heavy atom. The second-order valence-electron chi connectivity index (χ2n) is 3.41. The molecule has 0 aliphatic heterocycles. The van der Waals surface area contributed by atoms with Gasteiger partial charge in [-0.3, -0.25) is 4.68 Å². The lowest BCUT2D eigenvalue weighted by Crippen LogP contribution is -2.14. The summed E-state index contributed by atoms with van der Waals surface area (Å²) in [6, 6.07) is 1.96. The summed E-state index contributed by atoms with van der Waals surface area (Å²) < 4.78 is 6.59. The fourth-order valence-corrected chi connectivity index (χ4v) is 1.31. The average Bonchev–Trinajstić information content (AvgIpc) is 2.45. The van der Waals surface area contributed by atoms with E-state index in [1.807, 2.05) is 19.9 Å². The average molecular weight is 208 g/mol. The maximum absolute atomic E-state index is 11.3. The zero-order valence-corrected chi connectivity index (χ0v) is 9.41. The van der Waals surface area contributed by atoms with Gasteiger partial charge in [-0.2, -0.15) is 5.10 Å². The normalized spacial score (nSPS) is 10.1. The summed E-state index contributed by atoms with van der Waals surface area (Å²) >= 11 is 0. The Kier molecular flexibility index (Phi) is 3.66. The van der Waals surface area contributed by atoms with Crippen molar-refractivity contribution in [3.63, 3.8) is 0 Å². The minimum atomic E-state index is -0.356. The number of rotatable bonds is 4. The number of hydrogen-bond donors (Lipinski definition) is 0. The predicted molar refractivity (Wildman–Crippen MR) is 57.5 cm³/mol. The van der Waals surface area contributed by atoms with Crippen LogP contribution in [0, 0.1) is 13.8 Å². The van der Waals surface area contributed by atoms with Gasteiger partial charge < -0.3 is 4.74 Å². The number of esters is 1. The molecule has 1 aromatic rings. The minimum absolute atomic E-state index is 0.356. The fourth-order valence-electron chi connectivity index (χ4n) is 1.31. The van der Waals surface area contributed by atoms with Crippen LogP contribution < -0.4 is 0 Å². The first kappa shape index (κ1) is 11.5. The van der Waals surface area contributed by atoms with Crippen LogP contribution in [0.1, 0.15) is 18.3 Å². The van der Waals surface area contributed by atoms with E-state index < -0.39 is 0 Å². The Hall–Kier alpha value is -1.58. The smallest absolute Gasteiger partial charge is 0.335 e. The van der Waals surface area contributed by atoms with Crippen molar-refractivity contribution in [2.24, 2.45) is 0 Å². The third-order valence-electron chi connectivity index (χ3n) is 2.01. The molecule has 0 N–H and O–H groups in total. The first-order chi connectivity index (χ1) is 7.04. The van der Waals surface area contributed by atoms with Crippen molar-refractivity contribution in [1.82, 2.24) is 9.78 Å². The number of hydrogen-bond acceptors (Lipinski definition) is 3. The second-order valence-corrected chi connectivity index (χ2v) is 3.41. The monoisotopic (exact) mass is 208 g/mol. The highest BCUT2D eigenvalue weighted by atomic mass is 16.5. The molecule has 0 atom stereocenters. The molecule has 1 aromatic heterocycles. The molecule has 0 aliphatic carbocycles. The molecule has 0 aromatic carbocycles. The molecule has 4 heteroatoms. The van der Waals surface area contributed by atoms with Gasteiger partial charge in [-0.25, -0.2) is 4.79 Å². The van der Waals surface area contributed by atoms with E-state index in [-0.39, 0.29) is 5.97 Å². The van der Waals surface area contributed by atoms with Crippen LogP contribution in [0.5, 0.6) is 0 Å². The van der Waals surface area contributed by atoms with Gasteiger partial charge in [0.15, 0.2) is 0 Å². The summed E-state index contributed by atoms with van der Waals surface area (Å²) in [5.41, 5.74) is 2.37. The van der Waals surface area contributed by atoms with Crippen LogP contribution in [0.25, 0.3) is 0 Å². The lowest BCUT2D eigenvalue weighted by molar-refractivity contribution is -0.138. The predicted octanol–water partition coefficient (Wildman–Crippen LogP) is 1.62. The molecule has 1 heterocycles. The molecule has 0 bridgehead atoms. The van der Waals surface area contributed by atoms with Crippen molar-refractivity contribution < 1.29 is 9.53 Å². The Balaban J connectivity index is 2.66. The van der Waals surface area contributed by atoms with Gasteiger partial charge in [-0.1, -0.05) is 6.58 Å². The van der Waals surface area contributed by atoms with Crippen molar-refractivity contribution in [3.05, 3.63) is 29.6 Å². The largest absolute Gasteiger partial charge is 0.463 e. The van der Waals surface area contributed by atoms with E-state index >= 15 is 0 Å². The molecule has 0 saturated carbocycles. The minimum Gasteiger partial charge on any atom is -0.463 e. The topological polar surface area (TPSA) is 44.1 Å². The zero-order chi connectivity index (χ0) is 11.4. The van der Waals surface area contributed by atoms with Crippen molar-refractivity contribution >= 4 is 5.97 Å². The van der Waals surface area contributed by atoms with E-state index in [0.29, 0.717) is 18.7 Å². The van der Waals surface area contributed by atoms with E-state index in [1.54, 1.807) is 11.6 Å². The quantitative estimate of drug-likeness (QED) is 0.558. The summed E-state index contributed by atoms with van der Waals surface area (Å²) in [6.45, 7) is 10.1. The van der Waals surface area contributed by atoms with Gasteiger partial charge in [0.05, 0.1) is 24.4 Å². The van der Waals surface area contributed by atoms with Gasteiger partial charge >= 0.3 is 5.97 Å². The molecule has 1 rings (SSSR count). The van der Waals surface area contributed by atoms with E-state index in [0.717, 1.165) is 11.4 Å². The maximum Gasteiger partial charge on any atom is 0.335 e. The third kappa shape index (κ3) is 2.94. The highest BCUT2D eigenvalue weighted by Gasteiger charge is 2.10. The Morgan fingerprint density at radius 2 is 2.27 bits per heavy atom. The van der Waals surface area contributed by atoms with Crippen LogP contribution in [0.4, 0.5) is 0 Å². The van der Waals surface area contributed by atoms with Crippen LogP contribution in [0.3, 0.4) is 0 Å². The number of nitrogens with zero attached hydrogens (tertiary/aromatic N) is 2. The molecule has 0 spiro atoms. The summed E-state index contributed by atoms with van der Waals surface area (Å²) in [4.78, 5) is 11.3. The molecule has 0 saturated heterocycles. The molecular weight excluding hydrogens is 192 g/mol. The van der Waals surface area contributed by atoms with Crippen LogP contribution >= 0.6 is 0 Å². The van der Waals surface area contributed by atoms with Crippen molar-refractivity contribution in [2.45, 2.75) is 27.3 Å². The van der Waals surface area contributed by atoms with Gasteiger partial charge in [0.25, 0.3) is 0 Å². The zero-order valence-electron chi connectivity index (χ0n) is 9.41. The second kappa shape index (κ2) is 4.77. The van der Waals surface area contributed by atoms with Crippen molar-refractivity contribution in [3.8, 4) is 0 Å².